The molecule has 0 bridgehead atoms. The standard InChI is InChI=1S/C12H11BrN2O3/c1-17-11-10(13)6-14-12(15-11)18-9-4-2-8(7-16)3-5-9/h2-6,16H,7H2,1H3. The van der Waals surface area contributed by atoms with E-state index in [2.05, 4.69) is 25.9 Å². The fraction of sp³-hybridized carbons (Fsp3) is 0.167. The molecule has 0 aliphatic heterocycles. The second-order valence-corrected chi connectivity index (χ2v) is 4.27. The van der Waals surface area contributed by atoms with E-state index in [1.54, 1.807) is 30.5 Å². The molecular weight excluding hydrogens is 300 g/mol. The third kappa shape index (κ3) is 2.96. The molecule has 1 aromatic heterocycles. The average Bonchev–Trinajstić information content (AvgIpc) is 2.42. The van der Waals surface area contributed by atoms with Crippen LogP contribution in [0.15, 0.2) is 34.9 Å². The van der Waals surface area contributed by atoms with Crippen molar-refractivity contribution in [2.75, 3.05) is 7.11 Å². The van der Waals surface area contributed by atoms with Gasteiger partial charge in [0.2, 0.25) is 5.88 Å². The molecule has 94 valence electrons. The number of benzene rings is 1. The van der Waals surface area contributed by atoms with Crippen LogP contribution in [-0.2, 0) is 6.61 Å². The maximum absolute atomic E-state index is 8.93. The second-order valence-electron chi connectivity index (χ2n) is 3.41. The molecule has 18 heavy (non-hydrogen) atoms. The zero-order chi connectivity index (χ0) is 13.0. The van der Waals surface area contributed by atoms with Crippen molar-refractivity contribution in [2.45, 2.75) is 6.61 Å². The molecule has 0 atom stereocenters. The lowest BCUT2D eigenvalue weighted by molar-refractivity contribution is 0.281. The van der Waals surface area contributed by atoms with E-state index >= 15 is 0 Å². The summed E-state index contributed by atoms with van der Waals surface area (Å²) in [6, 6.07) is 7.22. The van der Waals surface area contributed by atoms with Crippen molar-refractivity contribution in [3.8, 4) is 17.6 Å². The molecule has 1 heterocycles. The molecule has 0 amide bonds. The Bertz CT molecular complexity index is 531. The average molecular weight is 311 g/mol. The Balaban J connectivity index is 2.17. The van der Waals surface area contributed by atoms with Crippen molar-refractivity contribution in [3.05, 3.63) is 40.5 Å². The molecule has 0 spiro atoms. The number of nitrogens with zero attached hydrogens (tertiary/aromatic N) is 2. The third-order valence-electron chi connectivity index (χ3n) is 2.20. The van der Waals surface area contributed by atoms with Gasteiger partial charge >= 0.3 is 6.01 Å². The van der Waals surface area contributed by atoms with Crippen LogP contribution in [0.2, 0.25) is 0 Å². The fourth-order valence-corrected chi connectivity index (χ4v) is 1.65. The van der Waals surface area contributed by atoms with Gasteiger partial charge in [-0.1, -0.05) is 12.1 Å². The largest absolute Gasteiger partial charge is 0.480 e. The number of ether oxygens (including phenoxy) is 2. The van der Waals surface area contributed by atoms with Crippen molar-refractivity contribution in [3.63, 3.8) is 0 Å². The van der Waals surface area contributed by atoms with Gasteiger partial charge in [-0.25, -0.2) is 4.98 Å². The first-order valence-electron chi connectivity index (χ1n) is 5.17. The Kier molecular flexibility index (Phi) is 4.11. The smallest absolute Gasteiger partial charge is 0.325 e. The summed E-state index contributed by atoms with van der Waals surface area (Å²) in [5.41, 5.74) is 0.816. The molecule has 2 rings (SSSR count). The van der Waals surface area contributed by atoms with Gasteiger partial charge in [0.15, 0.2) is 0 Å². The Hall–Kier alpha value is -1.66. The topological polar surface area (TPSA) is 64.5 Å². The van der Waals surface area contributed by atoms with Gasteiger partial charge in [-0.2, -0.15) is 4.98 Å². The fourth-order valence-electron chi connectivity index (χ4n) is 1.30. The highest BCUT2D eigenvalue weighted by atomic mass is 79.9. The molecule has 2 aromatic rings. The zero-order valence-corrected chi connectivity index (χ0v) is 11.2. The minimum Gasteiger partial charge on any atom is -0.480 e. The molecule has 0 aliphatic rings. The summed E-state index contributed by atoms with van der Waals surface area (Å²) in [5.74, 6) is 1.00. The molecule has 5 nitrogen and oxygen atoms in total. The van der Waals surface area contributed by atoms with E-state index in [0.717, 1.165) is 5.56 Å². The summed E-state index contributed by atoms with van der Waals surface area (Å²) in [6.07, 6.45) is 1.56. The van der Waals surface area contributed by atoms with Crippen LogP contribution in [0, 0.1) is 0 Å². The quantitative estimate of drug-likeness (QED) is 0.940. The Morgan fingerprint density at radius 3 is 2.61 bits per heavy atom. The van der Waals surface area contributed by atoms with Gasteiger partial charge < -0.3 is 14.6 Å². The number of aliphatic hydroxyl groups is 1. The monoisotopic (exact) mass is 310 g/mol. The van der Waals surface area contributed by atoms with E-state index < -0.39 is 0 Å². The van der Waals surface area contributed by atoms with Crippen molar-refractivity contribution >= 4 is 15.9 Å². The van der Waals surface area contributed by atoms with Crippen LogP contribution in [0.3, 0.4) is 0 Å². The number of aliphatic hydroxyl groups excluding tert-OH is 1. The molecule has 0 aliphatic carbocycles. The maximum atomic E-state index is 8.93. The van der Waals surface area contributed by atoms with E-state index in [-0.39, 0.29) is 12.6 Å². The normalized spacial score (nSPS) is 10.2. The predicted octanol–water partition coefficient (Wildman–Crippen LogP) is 2.53. The van der Waals surface area contributed by atoms with Crippen molar-refractivity contribution in [2.24, 2.45) is 0 Å². The SMILES string of the molecule is COc1nc(Oc2ccc(CO)cc2)ncc1Br. The number of halogens is 1. The second kappa shape index (κ2) is 5.79. The molecule has 6 heteroatoms. The molecule has 0 unspecified atom stereocenters. The van der Waals surface area contributed by atoms with Gasteiger partial charge in [0.05, 0.1) is 24.4 Å². The van der Waals surface area contributed by atoms with E-state index in [0.29, 0.717) is 16.1 Å². The summed E-state index contributed by atoms with van der Waals surface area (Å²) in [6.45, 7) is 0.00286. The first-order valence-corrected chi connectivity index (χ1v) is 5.96. The highest BCUT2D eigenvalue weighted by Crippen LogP contribution is 2.25. The Labute approximate surface area is 113 Å². The van der Waals surface area contributed by atoms with Crippen LogP contribution in [0.4, 0.5) is 0 Å². The summed E-state index contributed by atoms with van der Waals surface area (Å²) < 4.78 is 11.2. The molecule has 0 saturated heterocycles. The van der Waals surface area contributed by atoms with Gasteiger partial charge in [0, 0.05) is 0 Å². The van der Waals surface area contributed by atoms with Crippen LogP contribution in [-0.4, -0.2) is 22.2 Å². The molecule has 0 radical (unpaired) electrons. The van der Waals surface area contributed by atoms with Crippen LogP contribution in [0.25, 0.3) is 0 Å². The minimum atomic E-state index is 0.00286. The third-order valence-corrected chi connectivity index (χ3v) is 2.74. The number of aromatic nitrogens is 2. The van der Waals surface area contributed by atoms with Crippen LogP contribution in [0.1, 0.15) is 5.56 Å². The number of hydrogen-bond acceptors (Lipinski definition) is 5. The molecule has 0 fully saturated rings. The first kappa shape index (κ1) is 12.8. The lowest BCUT2D eigenvalue weighted by Gasteiger charge is -2.06. The molecule has 1 aromatic carbocycles. The van der Waals surface area contributed by atoms with Gasteiger partial charge in [-0.3, -0.25) is 0 Å². The van der Waals surface area contributed by atoms with E-state index in [1.807, 2.05) is 0 Å². The zero-order valence-electron chi connectivity index (χ0n) is 9.63. The number of methoxy groups -OCH3 is 1. The minimum absolute atomic E-state index is 0.00286. The summed E-state index contributed by atoms with van der Waals surface area (Å²) in [7, 11) is 1.52. The van der Waals surface area contributed by atoms with Crippen LogP contribution < -0.4 is 9.47 Å². The van der Waals surface area contributed by atoms with E-state index in [4.69, 9.17) is 14.6 Å². The highest BCUT2D eigenvalue weighted by molar-refractivity contribution is 9.10. The maximum Gasteiger partial charge on any atom is 0.325 e. The summed E-state index contributed by atoms with van der Waals surface area (Å²) in [4.78, 5) is 8.09. The summed E-state index contributed by atoms with van der Waals surface area (Å²) in [5, 5.41) is 8.93. The Morgan fingerprint density at radius 1 is 1.28 bits per heavy atom. The molecular formula is C12H11BrN2O3. The van der Waals surface area contributed by atoms with Crippen molar-refractivity contribution in [1.82, 2.24) is 9.97 Å². The van der Waals surface area contributed by atoms with E-state index in [9.17, 15) is 0 Å². The van der Waals surface area contributed by atoms with Crippen molar-refractivity contribution in [1.29, 1.82) is 0 Å². The van der Waals surface area contributed by atoms with Crippen molar-refractivity contribution < 1.29 is 14.6 Å². The van der Waals surface area contributed by atoms with Gasteiger partial charge in [-0.15, -0.1) is 0 Å². The lowest BCUT2D eigenvalue weighted by Crippen LogP contribution is -1.95. The van der Waals surface area contributed by atoms with Gasteiger partial charge in [0.1, 0.15) is 5.75 Å². The predicted molar refractivity (Wildman–Crippen MR) is 68.7 cm³/mol. The number of hydrogen-bond donors (Lipinski definition) is 1. The summed E-state index contributed by atoms with van der Waals surface area (Å²) >= 11 is 3.26. The van der Waals surface area contributed by atoms with Gasteiger partial charge in [0.25, 0.3) is 0 Å². The highest BCUT2D eigenvalue weighted by Gasteiger charge is 2.06. The van der Waals surface area contributed by atoms with Gasteiger partial charge in [-0.05, 0) is 33.6 Å². The van der Waals surface area contributed by atoms with E-state index in [1.165, 1.54) is 7.11 Å². The molecule has 0 saturated carbocycles. The van der Waals surface area contributed by atoms with Crippen LogP contribution in [0.5, 0.6) is 17.6 Å². The lowest BCUT2D eigenvalue weighted by atomic mass is 10.2. The Morgan fingerprint density at radius 2 is 2.00 bits per heavy atom. The first-order chi connectivity index (χ1) is 8.72. The molecule has 1 N–H and O–H groups in total. The number of rotatable bonds is 4. The van der Waals surface area contributed by atoms with Crippen LogP contribution >= 0.6 is 15.9 Å².